The number of halogens is 1. The first-order chi connectivity index (χ1) is 8.69. The molecule has 1 rings (SSSR count). The third-order valence-corrected chi connectivity index (χ3v) is 2.79. The van der Waals surface area contributed by atoms with Gasteiger partial charge in [0.1, 0.15) is 5.82 Å². The van der Waals surface area contributed by atoms with E-state index in [-0.39, 0.29) is 11.9 Å². The fraction of sp³-hybridized carbons (Fsp3) is 0.538. The summed E-state index contributed by atoms with van der Waals surface area (Å²) in [5.41, 5.74) is 4.61. The Bertz CT molecular complexity index is 361. The maximum absolute atomic E-state index is 13.0. The first-order valence-corrected chi connectivity index (χ1v) is 5.98. The molecule has 1 aromatic carbocycles. The van der Waals surface area contributed by atoms with Crippen molar-refractivity contribution in [2.24, 2.45) is 5.84 Å². The fourth-order valence-electron chi connectivity index (χ4n) is 1.80. The van der Waals surface area contributed by atoms with Crippen LogP contribution in [0.15, 0.2) is 18.2 Å². The van der Waals surface area contributed by atoms with Crippen LogP contribution in [0, 0.1) is 12.7 Å². The van der Waals surface area contributed by atoms with E-state index in [2.05, 4.69) is 5.43 Å². The summed E-state index contributed by atoms with van der Waals surface area (Å²) in [6, 6.07) is 4.67. The van der Waals surface area contributed by atoms with Crippen molar-refractivity contribution in [2.75, 3.05) is 26.9 Å². The summed E-state index contributed by atoms with van der Waals surface area (Å²) in [6.07, 6.45) is 0.729. The molecule has 0 saturated heterocycles. The van der Waals surface area contributed by atoms with Gasteiger partial charge in [-0.15, -0.1) is 0 Å². The zero-order valence-corrected chi connectivity index (χ0v) is 10.9. The van der Waals surface area contributed by atoms with Crippen LogP contribution < -0.4 is 11.3 Å². The van der Waals surface area contributed by atoms with Crippen LogP contribution in [0.1, 0.15) is 23.6 Å². The molecular weight excluding hydrogens is 235 g/mol. The highest BCUT2D eigenvalue weighted by atomic mass is 19.1. The monoisotopic (exact) mass is 256 g/mol. The van der Waals surface area contributed by atoms with Crippen molar-refractivity contribution in [3.63, 3.8) is 0 Å². The topological polar surface area (TPSA) is 56.5 Å². The van der Waals surface area contributed by atoms with Crippen molar-refractivity contribution in [1.82, 2.24) is 5.43 Å². The summed E-state index contributed by atoms with van der Waals surface area (Å²) < 4.78 is 23.3. The predicted molar refractivity (Wildman–Crippen MR) is 68.5 cm³/mol. The molecular formula is C13H21FN2O2. The highest BCUT2D eigenvalue weighted by Gasteiger charge is 2.12. The maximum atomic E-state index is 13.0. The number of nitrogens with one attached hydrogen (secondary N) is 1. The van der Waals surface area contributed by atoms with Crippen molar-refractivity contribution in [1.29, 1.82) is 0 Å². The van der Waals surface area contributed by atoms with E-state index in [1.54, 1.807) is 13.2 Å². The van der Waals surface area contributed by atoms with E-state index < -0.39 is 0 Å². The van der Waals surface area contributed by atoms with Gasteiger partial charge in [-0.05, 0) is 36.6 Å². The number of hydrogen-bond acceptors (Lipinski definition) is 4. The number of hydrogen-bond donors (Lipinski definition) is 2. The third-order valence-electron chi connectivity index (χ3n) is 2.79. The largest absolute Gasteiger partial charge is 0.382 e. The Morgan fingerprint density at radius 1 is 1.33 bits per heavy atom. The van der Waals surface area contributed by atoms with E-state index in [4.69, 9.17) is 15.3 Å². The first-order valence-electron chi connectivity index (χ1n) is 5.98. The van der Waals surface area contributed by atoms with Crippen molar-refractivity contribution < 1.29 is 13.9 Å². The van der Waals surface area contributed by atoms with Gasteiger partial charge in [0.2, 0.25) is 0 Å². The Kier molecular flexibility index (Phi) is 6.82. The van der Waals surface area contributed by atoms with Gasteiger partial charge in [0, 0.05) is 19.8 Å². The van der Waals surface area contributed by atoms with Crippen molar-refractivity contribution in [2.45, 2.75) is 19.4 Å². The second kappa shape index (κ2) is 8.16. The standard InChI is InChI=1S/C13H21FN2O2/c1-10-9-11(14)3-4-12(10)13(16-15)5-6-18-8-7-17-2/h3-4,9,13,16H,5-8,15H2,1-2H3. The molecule has 0 spiro atoms. The molecule has 0 amide bonds. The van der Waals surface area contributed by atoms with Gasteiger partial charge in [0.05, 0.1) is 13.2 Å². The number of rotatable bonds is 8. The summed E-state index contributed by atoms with van der Waals surface area (Å²) >= 11 is 0. The van der Waals surface area contributed by atoms with E-state index >= 15 is 0 Å². The molecule has 5 heteroatoms. The van der Waals surface area contributed by atoms with Crippen LogP contribution >= 0.6 is 0 Å². The first kappa shape index (κ1) is 15.0. The maximum Gasteiger partial charge on any atom is 0.123 e. The lowest BCUT2D eigenvalue weighted by molar-refractivity contribution is 0.0657. The smallest absolute Gasteiger partial charge is 0.123 e. The summed E-state index contributed by atoms with van der Waals surface area (Å²) in [4.78, 5) is 0. The van der Waals surface area contributed by atoms with E-state index in [1.165, 1.54) is 12.1 Å². The molecule has 1 atom stereocenters. The Morgan fingerprint density at radius 2 is 2.11 bits per heavy atom. The molecule has 0 aliphatic heterocycles. The number of aryl methyl sites for hydroxylation is 1. The Morgan fingerprint density at radius 3 is 2.72 bits per heavy atom. The quantitative estimate of drug-likeness (QED) is 0.422. The van der Waals surface area contributed by atoms with Crippen molar-refractivity contribution in [3.05, 3.63) is 35.1 Å². The second-order valence-electron chi connectivity index (χ2n) is 4.11. The molecule has 0 aliphatic carbocycles. The highest BCUT2D eigenvalue weighted by Crippen LogP contribution is 2.20. The fourth-order valence-corrected chi connectivity index (χ4v) is 1.80. The van der Waals surface area contributed by atoms with Gasteiger partial charge in [-0.25, -0.2) is 4.39 Å². The van der Waals surface area contributed by atoms with E-state index in [9.17, 15) is 4.39 Å². The van der Waals surface area contributed by atoms with E-state index in [0.717, 1.165) is 17.5 Å². The summed E-state index contributed by atoms with van der Waals surface area (Å²) in [5.74, 6) is 5.30. The number of benzene rings is 1. The molecule has 1 unspecified atom stereocenters. The van der Waals surface area contributed by atoms with Gasteiger partial charge in [-0.1, -0.05) is 6.07 Å². The molecule has 4 nitrogen and oxygen atoms in total. The lowest BCUT2D eigenvalue weighted by Crippen LogP contribution is -2.29. The number of ether oxygens (including phenoxy) is 2. The highest BCUT2D eigenvalue weighted by molar-refractivity contribution is 5.29. The lowest BCUT2D eigenvalue weighted by atomic mass is 9.99. The van der Waals surface area contributed by atoms with Gasteiger partial charge in [-0.3, -0.25) is 11.3 Å². The molecule has 102 valence electrons. The average molecular weight is 256 g/mol. The lowest BCUT2D eigenvalue weighted by Gasteiger charge is -2.18. The molecule has 0 aliphatic rings. The molecule has 0 heterocycles. The molecule has 1 aromatic rings. The minimum atomic E-state index is -0.233. The predicted octanol–water partition coefficient (Wildman–Crippen LogP) is 1.69. The second-order valence-corrected chi connectivity index (χ2v) is 4.11. The van der Waals surface area contributed by atoms with Crippen LogP contribution in [-0.4, -0.2) is 26.9 Å². The molecule has 18 heavy (non-hydrogen) atoms. The molecule has 3 N–H and O–H groups in total. The number of methoxy groups -OCH3 is 1. The average Bonchev–Trinajstić information content (AvgIpc) is 2.35. The number of nitrogens with two attached hydrogens (primary N) is 1. The molecule has 0 radical (unpaired) electrons. The minimum absolute atomic E-state index is 0.0341. The zero-order valence-electron chi connectivity index (χ0n) is 10.9. The third kappa shape index (κ3) is 4.70. The minimum Gasteiger partial charge on any atom is -0.382 e. The Hall–Kier alpha value is -1.01. The summed E-state index contributed by atoms with van der Waals surface area (Å²) in [6.45, 7) is 3.59. The normalized spacial score (nSPS) is 12.7. The van der Waals surface area contributed by atoms with Crippen LogP contribution in [-0.2, 0) is 9.47 Å². The molecule has 0 aromatic heterocycles. The van der Waals surface area contributed by atoms with Gasteiger partial charge >= 0.3 is 0 Å². The van der Waals surface area contributed by atoms with Gasteiger partial charge in [0.25, 0.3) is 0 Å². The van der Waals surface area contributed by atoms with Gasteiger partial charge in [0.15, 0.2) is 0 Å². The Labute approximate surface area is 107 Å². The van der Waals surface area contributed by atoms with Crippen molar-refractivity contribution >= 4 is 0 Å². The van der Waals surface area contributed by atoms with E-state index in [1.807, 2.05) is 6.92 Å². The van der Waals surface area contributed by atoms with E-state index in [0.29, 0.717) is 19.8 Å². The van der Waals surface area contributed by atoms with Crippen LogP contribution in [0.25, 0.3) is 0 Å². The molecule has 0 saturated carbocycles. The number of hydrazine groups is 1. The SMILES string of the molecule is COCCOCCC(NN)c1ccc(F)cc1C. The molecule has 0 fully saturated rings. The van der Waals surface area contributed by atoms with Crippen molar-refractivity contribution in [3.8, 4) is 0 Å². The molecule has 0 bridgehead atoms. The van der Waals surface area contributed by atoms with Crippen LogP contribution in [0.2, 0.25) is 0 Å². The van der Waals surface area contributed by atoms with Crippen LogP contribution in [0.5, 0.6) is 0 Å². The van der Waals surface area contributed by atoms with Crippen LogP contribution in [0.3, 0.4) is 0 Å². The summed E-state index contributed by atoms with van der Waals surface area (Å²) in [5, 5.41) is 0. The summed E-state index contributed by atoms with van der Waals surface area (Å²) in [7, 11) is 1.63. The Balaban J connectivity index is 2.49. The van der Waals surface area contributed by atoms with Gasteiger partial charge in [-0.2, -0.15) is 0 Å². The van der Waals surface area contributed by atoms with Gasteiger partial charge < -0.3 is 9.47 Å². The van der Waals surface area contributed by atoms with Crippen LogP contribution in [0.4, 0.5) is 4.39 Å². The zero-order chi connectivity index (χ0) is 13.4.